The number of H-pyrrole nitrogens is 1. The Balaban J connectivity index is 1.53. The van der Waals surface area contributed by atoms with Gasteiger partial charge in [0.1, 0.15) is 11.4 Å². The van der Waals surface area contributed by atoms with Crippen LogP contribution in [0.15, 0.2) is 45.9 Å². The predicted octanol–water partition coefficient (Wildman–Crippen LogP) is 2.14. The van der Waals surface area contributed by atoms with Gasteiger partial charge in [-0.05, 0) is 37.0 Å². The van der Waals surface area contributed by atoms with E-state index in [1.54, 1.807) is 0 Å². The molecule has 1 aliphatic heterocycles. The lowest BCUT2D eigenvalue weighted by Gasteiger charge is -2.34. The molecule has 1 aromatic heterocycles. The van der Waals surface area contributed by atoms with Crippen LogP contribution in [0.25, 0.3) is 0 Å². The summed E-state index contributed by atoms with van der Waals surface area (Å²) in [5.41, 5.74) is -0.889. The number of carbonyl (C=O) groups is 2. The van der Waals surface area contributed by atoms with Gasteiger partial charge in [0, 0.05) is 29.0 Å². The fourth-order valence-electron chi connectivity index (χ4n) is 4.60. The van der Waals surface area contributed by atoms with Crippen molar-refractivity contribution in [3.63, 3.8) is 0 Å². The number of rotatable bonds is 5. The number of aromatic amines is 1. The first-order valence-electron chi connectivity index (χ1n) is 10.3. The molecule has 1 aliphatic carbocycles. The van der Waals surface area contributed by atoms with Gasteiger partial charge in [-0.2, -0.15) is 0 Å². The van der Waals surface area contributed by atoms with E-state index in [1.807, 2.05) is 36.1 Å². The van der Waals surface area contributed by atoms with E-state index in [2.05, 4.69) is 31.2 Å². The minimum atomic E-state index is -1.09. The maximum absolute atomic E-state index is 13.2. The highest BCUT2D eigenvalue weighted by Gasteiger charge is 2.72. The van der Waals surface area contributed by atoms with Crippen molar-refractivity contribution in [2.24, 2.45) is 5.92 Å². The second-order valence-electron chi connectivity index (χ2n) is 8.46. The van der Waals surface area contributed by atoms with Crippen molar-refractivity contribution >= 4 is 33.6 Å². The molecule has 3 atom stereocenters. The molecular formula is C22H25BrN4O4. The third-order valence-corrected chi connectivity index (χ3v) is 7.10. The zero-order valence-corrected chi connectivity index (χ0v) is 19.1. The van der Waals surface area contributed by atoms with Gasteiger partial charge in [-0.1, -0.05) is 35.0 Å². The Morgan fingerprint density at radius 1 is 1.32 bits per heavy atom. The zero-order valence-electron chi connectivity index (χ0n) is 17.5. The molecule has 164 valence electrons. The molecule has 1 saturated carbocycles. The van der Waals surface area contributed by atoms with Crippen LogP contribution in [0.1, 0.15) is 31.7 Å². The van der Waals surface area contributed by atoms with Gasteiger partial charge >= 0.3 is 5.97 Å². The van der Waals surface area contributed by atoms with Gasteiger partial charge < -0.3 is 19.9 Å². The van der Waals surface area contributed by atoms with Gasteiger partial charge in [-0.25, -0.2) is 9.78 Å². The maximum atomic E-state index is 13.2. The number of carbonyl (C=O) groups excluding carboxylic acids is 2. The Morgan fingerprint density at radius 3 is 2.74 bits per heavy atom. The number of nitrogens with zero attached hydrogens (tertiary/aromatic N) is 2. The van der Waals surface area contributed by atoms with Gasteiger partial charge in [-0.3, -0.25) is 9.59 Å². The van der Waals surface area contributed by atoms with E-state index in [1.165, 1.54) is 19.5 Å². The standard InChI is InChI=1S/C22H25BrN4O4/c1-21(15-5-7-16(23)8-6-15)12-22(21,20(30)31-2)26-19(29)14-4-3-9-27(11-14)17-10-18(28)25-13-24-17/h5-8,10,13-14H,3-4,9,11-12H2,1-2H3,(H,26,29)(H,24,25,28). The Morgan fingerprint density at radius 2 is 2.06 bits per heavy atom. The third kappa shape index (κ3) is 3.86. The summed E-state index contributed by atoms with van der Waals surface area (Å²) in [4.78, 5) is 46.3. The van der Waals surface area contributed by atoms with E-state index in [4.69, 9.17) is 4.74 Å². The number of piperidine rings is 1. The first-order valence-corrected chi connectivity index (χ1v) is 11.0. The number of hydrogen-bond donors (Lipinski definition) is 2. The highest BCUT2D eigenvalue weighted by molar-refractivity contribution is 9.10. The lowest BCUT2D eigenvalue weighted by molar-refractivity contribution is -0.147. The van der Waals surface area contributed by atoms with Crippen molar-refractivity contribution < 1.29 is 14.3 Å². The fourth-order valence-corrected chi connectivity index (χ4v) is 4.86. The first kappa shape index (κ1) is 21.5. The average molecular weight is 489 g/mol. The van der Waals surface area contributed by atoms with Crippen LogP contribution in [-0.4, -0.2) is 47.6 Å². The van der Waals surface area contributed by atoms with Gasteiger partial charge in [0.05, 0.1) is 19.4 Å². The number of nitrogens with one attached hydrogen (secondary N) is 2. The summed E-state index contributed by atoms with van der Waals surface area (Å²) >= 11 is 3.43. The van der Waals surface area contributed by atoms with Gasteiger partial charge in [-0.15, -0.1) is 0 Å². The topological polar surface area (TPSA) is 104 Å². The molecule has 1 saturated heterocycles. The zero-order chi connectivity index (χ0) is 22.2. The van der Waals surface area contributed by atoms with Crippen molar-refractivity contribution in [3.8, 4) is 0 Å². The number of halogens is 1. The SMILES string of the molecule is COC(=O)C1(NC(=O)C2CCCN(c3cc(=O)[nH]cn3)C2)CC1(C)c1ccc(Br)cc1. The third-order valence-electron chi connectivity index (χ3n) is 6.57. The largest absolute Gasteiger partial charge is 0.467 e. The Bertz CT molecular complexity index is 1060. The van der Waals surface area contributed by atoms with E-state index in [0.29, 0.717) is 25.2 Å². The molecule has 2 N–H and O–H groups in total. The summed E-state index contributed by atoms with van der Waals surface area (Å²) in [6, 6.07) is 9.21. The van der Waals surface area contributed by atoms with Crippen LogP contribution >= 0.6 is 15.9 Å². The molecule has 1 amide bonds. The quantitative estimate of drug-likeness (QED) is 0.624. The molecular weight excluding hydrogens is 464 g/mol. The van der Waals surface area contributed by atoms with Crippen LogP contribution in [-0.2, 0) is 19.7 Å². The summed E-state index contributed by atoms with van der Waals surface area (Å²) in [6.07, 6.45) is 3.34. The molecule has 9 heteroatoms. The van der Waals surface area contributed by atoms with E-state index in [0.717, 1.165) is 23.0 Å². The van der Waals surface area contributed by atoms with Crippen molar-refractivity contribution in [3.05, 3.63) is 57.0 Å². The smallest absolute Gasteiger partial charge is 0.332 e. The molecule has 0 radical (unpaired) electrons. The van der Waals surface area contributed by atoms with Crippen LogP contribution in [0, 0.1) is 5.92 Å². The molecule has 31 heavy (non-hydrogen) atoms. The molecule has 2 heterocycles. The predicted molar refractivity (Wildman–Crippen MR) is 119 cm³/mol. The molecule has 2 fully saturated rings. The number of benzene rings is 1. The molecule has 1 aromatic carbocycles. The van der Waals surface area contributed by atoms with Crippen LogP contribution < -0.4 is 15.8 Å². The maximum Gasteiger partial charge on any atom is 0.332 e. The number of hydrogen-bond acceptors (Lipinski definition) is 6. The molecule has 0 bridgehead atoms. The Kier molecular flexibility index (Phi) is 5.63. The van der Waals surface area contributed by atoms with E-state index in [-0.39, 0.29) is 17.4 Å². The van der Waals surface area contributed by atoms with Gasteiger partial charge in [0.15, 0.2) is 0 Å². The molecule has 2 aromatic rings. The molecule has 8 nitrogen and oxygen atoms in total. The summed E-state index contributed by atoms with van der Waals surface area (Å²) in [6.45, 7) is 3.13. The fraction of sp³-hybridized carbons (Fsp3) is 0.455. The number of amides is 1. The minimum absolute atomic E-state index is 0.180. The van der Waals surface area contributed by atoms with Crippen molar-refractivity contribution in [1.29, 1.82) is 0 Å². The highest BCUT2D eigenvalue weighted by atomic mass is 79.9. The van der Waals surface area contributed by atoms with Crippen LogP contribution in [0.4, 0.5) is 5.82 Å². The second-order valence-corrected chi connectivity index (χ2v) is 9.37. The van der Waals surface area contributed by atoms with Gasteiger partial charge in [0.25, 0.3) is 5.56 Å². The number of aromatic nitrogens is 2. The Labute approximate surface area is 188 Å². The monoisotopic (exact) mass is 488 g/mol. The van der Waals surface area contributed by atoms with Gasteiger partial charge in [0.2, 0.25) is 5.91 Å². The van der Waals surface area contributed by atoms with Crippen molar-refractivity contribution in [2.45, 2.75) is 37.1 Å². The average Bonchev–Trinajstić information content (AvgIpc) is 3.39. The summed E-state index contributed by atoms with van der Waals surface area (Å²) in [7, 11) is 1.34. The molecule has 2 aliphatic rings. The first-order chi connectivity index (χ1) is 14.8. The summed E-state index contributed by atoms with van der Waals surface area (Å²) in [5.74, 6) is -0.378. The van der Waals surface area contributed by atoms with Crippen molar-refractivity contribution in [2.75, 3.05) is 25.1 Å². The second kappa shape index (κ2) is 8.11. The molecule has 0 spiro atoms. The number of ether oxygens (including phenoxy) is 1. The van der Waals surface area contributed by atoms with Crippen LogP contribution in [0.5, 0.6) is 0 Å². The summed E-state index contributed by atoms with van der Waals surface area (Å²) in [5, 5.41) is 3.03. The normalized spacial score (nSPS) is 27.5. The minimum Gasteiger partial charge on any atom is -0.467 e. The van der Waals surface area contributed by atoms with Crippen LogP contribution in [0.2, 0.25) is 0 Å². The number of esters is 1. The molecule has 3 unspecified atom stereocenters. The number of methoxy groups -OCH3 is 1. The lowest BCUT2D eigenvalue weighted by atomic mass is 9.91. The van der Waals surface area contributed by atoms with E-state index in [9.17, 15) is 14.4 Å². The van der Waals surface area contributed by atoms with Crippen LogP contribution in [0.3, 0.4) is 0 Å². The summed E-state index contributed by atoms with van der Waals surface area (Å²) < 4.78 is 6.04. The number of anilines is 1. The van der Waals surface area contributed by atoms with E-state index >= 15 is 0 Å². The Hall–Kier alpha value is -2.68. The van der Waals surface area contributed by atoms with E-state index < -0.39 is 16.9 Å². The lowest BCUT2D eigenvalue weighted by Crippen LogP contribution is -2.53. The molecule has 4 rings (SSSR count). The highest BCUT2D eigenvalue weighted by Crippen LogP contribution is 2.58. The van der Waals surface area contributed by atoms with Crippen molar-refractivity contribution in [1.82, 2.24) is 15.3 Å².